The van der Waals surface area contributed by atoms with Crippen LogP contribution < -0.4 is 16.0 Å². The number of carbonyl (C=O) groups is 2. The van der Waals surface area contributed by atoms with E-state index in [1.54, 1.807) is 0 Å². The Morgan fingerprint density at radius 3 is 2.68 bits per heavy atom. The zero-order chi connectivity index (χ0) is 15.4. The molecule has 0 aromatic heterocycles. The average Bonchev–Trinajstić information content (AvgIpc) is 2.97. The van der Waals surface area contributed by atoms with E-state index in [1.165, 1.54) is 0 Å². The molecule has 2 aliphatic rings. The zero-order valence-corrected chi connectivity index (χ0v) is 12.7. The lowest BCUT2D eigenvalue weighted by atomic mass is 9.85. The van der Waals surface area contributed by atoms with Gasteiger partial charge >= 0.3 is 0 Å². The largest absolute Gasteiger partial charge is 0.351 e. The third kappa shape index (κ3) is 3.65. The Balaban J connectivity index is 1.51. The summed E-state index contributed by atoms with van der Waals surface area (Å²) in [7, 11) is 0. The molecule has 0 radical (unpaired) electrons. The molecule has 1 aliphatic carbocycles. The van der Waals surface area contributed by atoms with Gasteiger partial charge in [0.15, 0.2) is 0 Å². The molecule has 1 unspecified atom stereocenters. The molecule has 5 heteroatoms. The van der Waals surface area contributed by atoms with Crippen molar-refractivity contribution in [2.24, 2.45) is 5.92 Å². The normalized spacial score (nSPS) is 21.2. The summed E-state index contributed by atoms with van der Waals surface area (Å²) < 4.78 is 0. The van der Waals surface area contributed by atoms with E-state index in [0.717, 1.165) is 49.9 Å². The summed E-state index contributed by atoms with van der Waals surface area (Å²) in [5, 5.41) is 9.10. The van der Waals surface area contributed by atoms with E-state index in [9.17, 15) is 9.59 Å². The van der Waals surface area contributed by atoms with Crippen molar-refractivity contribution in [1.29, 1.82) is 0 Å². The molecule has 1 atom stereocenters. The number of benzene rings is 1. The molecule has 0 bridgehead atoms. The molecule has 1 saturated heterocycles. The third-order valence-electron chi connectivity index (χ3n) is 4.51. The van der Waals surface area contributed by atoms with E-state index >= 15 is 0 Å². The Kier molecular flexibility index (Phi) is 4.73. The smallest absolute Gasteiger partial charge is 0.237 e. The van der Waals surface area contributed by atoms with Crippen LogP contribution in [0.25, 0.3) is 0 Å². The first-order chi connectivity index (χ1) is 10.7. The molecule has 3 rings (SSSR count). The number of anilines is 1. The van der Waals surface area contributed by atoms with E-state index in [-0.39, 0.29) is 23.8 Å². The number of amides is 2. The summed E-state index contributed by atoms with van der Waals surface area (Å²) in [6.45, 7) is 1.41. The Bertz CT molecular complexity index is 549. The number of nitrogens with one attached hydrogen (secondary N) is 3. The third-order valence-corrected chi connectivity index (χ3v) is 4.51. The van der Waals surface area contributed by atoms with Gasteiger partial charge in [-0.3, -0.25) is 9.59 Å². The number of hydrogen-bond donors (Lipinski definition) is 3. The van der Waals surface area contributed by atoms with Crippen LogP contribution in [0.5, 0.6) is 0 Å². The minimum absolute atomic E-state index is 0.0542. The maximum Gasteiger partial charge on any atom is 0.237 e. The van der Waals surface area contributed by atoms with Crippen LogP contribution >= 0.6 is 0 Å². The molecule has 3 N–H and O–H groups in total. The first kappa shape index (κ1) is 15.0. The van der Waals surface area contributed by atoms with Gasteiger partial charge in [0, 0.05) is 18.2 Å². The number of hydrogen-bond acceptors (Lipinski definition) is 3. The summed E-state index contributed by atoms with van der Waals surface area (Å²) in [6, 6.07) is 7.63. The second-order valence-electron chi connectivity index (χ2n) is 6.18. The summed E-state index contributed by atoms with van der Waals surface area (Å²) >= 11 is 0. The van der Waals surface area contributed by atoms with Gasteiger partial charge in [0.25, 0.3) is 0 Å². The molecule has 5 nitrogen and oxygen atoms in total. The predicted octanol–water partition coefficient (Wildman–Crippen LogP) is 1.79. The van der Waals surface area contributed by atoms with Crippen molar-refractivity contribution < 1.29 is 9.59 Å². The van der Waals surface area contributed by atoms with Crippen molar-refractivity contribution in [3.63, 3.8) is 0 Å². The molecule has 1 aliphatic heterocycles. The monoisotopic (exact) mass is 301 g/mol. The van der Waals surface area contributed by atoms with Gasteiger partial charge < -0.3 is 16.0 Å². The molecule has 1 saturated carbocycles. The SMILES string of the molecule is O=C(Nc1cccc(CNC(=O)C2CCCN2)c1)C1CCC1. The molecule has 1 heterocycles. The fourth-order valence-corrected chi connectivity index (χ4v) is 2.89. The highest BCUT2D eigenvalue weighted by atomic mass is 16.2. The highest BCUT2D eigenvalue weighted by Crippen LogP contribution is 2.27. The minimum atomic E-state index is -0.0542. The minimum Gasteiger partial charge on any atom is -0.351 e. The Morgan fingerprint density at radius 2 is 2.00 bits per heavy atom. The highest BCUT2D eigenvalue weighted by molar-refractivity contribution is 5.93. The predicted molar refractivity (Wildman–Crippen MR) is 85.3 cm³/mol. The Morgan fingerprint density at radius 1 is 1.14 bits per heavy atom. The standard InChI is InChI=1S/C17H23N3O2/c21-16(13-5-2-6-13)20-14-7-1-4-12(10-14)11-19-17(22)15-8-3-9-18-15/h1,4,7,10,13,15,18H,2-3,5-6,8-9,11H2,(H,19,22)(H,20,21). The highest BCUT2D eigenvalue weighted by Gasteiger charge is 2.25. The van der Waals surface area contributed by atoms with E-state index < -0.39 is 0 Å². The molecule has 2 fully saturated rings. The second kappa shape index (κ2) is 6.92. The van der Waals surface area contributed by atoms with Crippen LogP contribution in [0.2, 0.25) is 0 Å². The quantitative estimate of drug-likeness (QED) is 0.776. The van der Waals surface area contributed by atoms with E-state index in [0.29, 0.717) is 6.54 Å². The number of rotatable bonds is 5. The fraction of sp³-hybridized carbons (Fsp3) is 0.529. The zero-order valence-electron chi connectivity index (χ0n) is 12.7. The molecular weight excluding hydrogens is 278 g/mol. The summed E-state index contributed by atoms with van der Waals surface area (Å²) in [4.78, 5) is 23.9. The molecule has 1 aromatic rings. The summed E-state index contributed by atoms with van der Waals surface area (Å²) in [6.07, 6.45) is 5.11. The maximum atomic E-state index is 12.0. The van der Waals surface area contributed by atoms with Gasteiger partial charge in [-0.05, 0) is 49.9 Å². The van der Waals surface area contributed by atoms with Crippen LogP contribution in [0.1, 0.15) is 37.7 Å². The van der Waals surface area contributed by atoms with Crippen LogP contribution in [-0.2, 0) is 16.1 Å². The van der Waals surface area contributed by atoms with E-state index in [2.05, 4.69) is 16.0 Å². The van der Waals surface area contributed by atoms with E-state index in [4.69, 9.17) is 0 Å². The van der Waals surface area contributed by atoms with Gasteiger partial charge in [-0.2, -0.15) is 0 Å². The molecule has 1 aromatic carbocycles. The fourth-order valence-electron chi connectivity index (χ4n) is 2.89. The van der Waals surface area contributed by atoms with Crippen LogP contribution in [0.4, 0.5) is 5.69 Å². The van der Waals surface area contributed by atoms with Gasteiger partial charge in [-0.1, -0.05) is 18.6 Å². The van der Waals surface area contributed by atoms with Crippen LogP contribution in [0.15, 0.2) is 24.3 Å². The van der Waals surface area contributed by atoms with Gasteiger partial charge in [-0.15, -0.1) is 0 Å². The molecule has 0 spiro atoms. The lowest BCUT2D eigenvalue weighted by Gasteiger charge is -2.24. The van der Waals surface area contributed by atoms with Gasteiger partial charge in [0.2, 0.25) is 11.8 Å². The van der Waals surface area contributed by atoms with Crippen molar-refractivity contribution in [2.75, 3.05) is 11.9 Å². The molecule has 118 valence electrons. The molecule has 2 amide bonds. The summed E-state index contributed by atoms with van der Waals surface area (Å²) in [5.74, 6) is 0.348. The number of carbonyl (C=O) groups excluding carboxylic acids is 2. The first-order valence-corrected chi connectivity index (χ1v) is 8.13. The Labute approximate surface area is 130 Å². The molecular formula is C17H23N3O2. The molecule has 22 heavy (non-hydrogen) atoms. The van der Waals surface area contributed by atoms with Gasteiger partial charge in [-0.25, -0.2) is 0 Å². The Hall–Kier alpha value is -1.88. The first-order valence-electron chi connectivity index (χ1n) is 8.13. The topological polar surface area (TPSA) is 70.2 Å². The lowest BCUT2D eigenvalue weighted by Crippen LogP contribution is -2.40. The summed E-state index contributed by atoms with van der Waals surface area (Å²) in [5.41, 5.74) is 1.81. The average molecular weight is 301 g/mol. The maximum absolute atomic E-state index is 12.0. The second-order valence-corrected chi connectivity index (χ2v) is 6.18. The van der Waals surface area contributed by atoms with E-state index in [1.807, 2.05) is 24.3 Å². The van der Waals surface area contributed by atoms with Gasteiger partial charge in [0.1, 0.15) is 0 Å². The van der Waals surface area contributed by atoms with Crippen molar-refractivity contribution in [2.45, 2.75) is 44.7 Å². The van der Waals surface area contributed by atoms with Crippen molar-refractivity contribution in [3.05, 3.63) is 29.8 Å². The van der Waals surface area contributed by atoms with Crippen molar-refractivity contribution in [3.8, 4) is 0 Å². The van der Waals surface area contributed by atoms with Crippen LogP contribution in [0.3, 0.4) is 0 Å². The lowest BCUT2D eigenvalue weighted by molar-refractivity contribution is -0.123. The van der Waals surface area contributed by atoms with Crippen LogP contribution in [0, 0.1) is 5.92 Å². The van der Waals surface area contributed by atoms with Crippen LogP contribution in [-0.4, -0.2) is 24.4 Å². The van der Waals surface area contributed by atoms with Crippen molar-refractivity contribution in [1.82, 2.24) is 10.6 Å². The van der Waals surface area contributed by atoms with Gasteiger partial charge in [0.05, 0.1) is 6.04 Å². The van der Waals surface area contributed by atoms with Crippen molar-refractivity contribution >= 4 is 17.5 Å².